The highest BCUT2D eigenvalue weighted by Gasteiger charge is 2.25. The van der Waals surface area contributed by atoms with Crippen LogP contribution < -0.4 is 5.11 Å². The van der Waals surface area contributed by atoms with E-state index in [0.29, 0.717) is 12.8 Å². The summed E-state index contributed by atoms with van der Waals surface area (Å²) >= 11 is 0. The lowest BCUT2D eigenvalue weighted by Gasteiger charge is -2.34. The summed E-state index contributed by atoms with van der Waals surface area (Å²) in [5.74, 6) is -1.74. The molecule has 0 aliphatic carbocycles. The molecule has 0 aliphatic rings. The van der Waals surface area contributed by atoms with Crippen molar-refractivity contribution in [3.63, 3.8) is 0 Å². The lowest BCUT2D eigenvalue weighted by molar-refractivity contribution is -0.889. The maximum absolute atomic E-state index is 12.7. The lowest BCUT2D eigenvalue weighted by Crippen LogP contribution is -2.55. The third-order valence-electron chi connectivity index (χ3n) is 9.84. The predicted octanol–water partition coefficient (Wildman–Crippen LogP) is 10.4. The minimum atomic E-state index is -1.13. The lowest BCUT2D eigenvalue weighted by atomic mass is 10.0. The Hall–Kier alpha value is -2.19. The van der Waals surface area contributed by atoms with Crippen molar-refractivity contribution in [2.45, 2.75) is 206 Å². The SMILES string of the molecule is CCCCC/C=C\C/C=C\CCCCCCCCCC(=O)OC(COCCC(C(=O)[O-])[N+](C)(C)C)COC(=O)CCCCCCCCCCCCCC. The number of ether oxygens (including phenoxy) is 3. The van der Waals surface area contributed by atoms with Crippen LogP contribution in [0.15, 0.2) is 24.3 Å². The summed E-state index contributed by atoms with van der Waals surface area (Å²) in [5.41, 5.74) is 0. The fourth-order valence-electron chi connectivity index (χ4n) is 6.39. The molecule has 0 aliphatic heterocycles. The normalized spacial score (nSPS) is 13.2. The third kappa shape index (κ3) is 35.3. The first-order valence-corrected chi connectivity index (χ1v) is 21.9. The molecule has 0 amide bonds. The zero-order chi connectivity index (χ0) is 39.3. The minimum Gasteiger partial charge on any atom is -0.544 e. The summed E-state index contributed by atoms with van der Waals surface area (Å²) < 4.78 is 17.1. The number of allylic oxidation sites excluding steroid dienone is 4. The van der Waals surface area contributed by atoms with Gasteiger partial charge < -0.3 is 28.6 Å². The first-order chi connectivity index (χ1) is 25.6. The van der Waals surface area contributed by atoms with Crippen LogP contribution in [0.4, 0.5) is 0 Å². The molecule has 0 aromatic heterocycles. The molecule has 0 rings (SSSR count). The Morgan fingerprint density at radius 2 is 1.00 bits per heavy atom. The number of nitrogens with zero attached hydrogens (tertiary/aromatic N) is 1. The molecule has 2 unspecified atom stereocenters. The summed E-state index contributed by atoms with van der Waals surface area (Å²) in [5, 5.41) is 11.6. The second kappa shape index (κ2) is 36.8. The van der Waals surface area contributed by atoms with E-state index < -0.39 is 18.1 Å². The van der Waals surface area contributed by atoms with Crippen LogP contribution in [0.2, 0.25) is 0 Å². The average molecular weight is 750 g/mol. The summed E-state index contributed by atoms with van der Waals surface area (Å²) in [6.07, 6.45) is 39.0. The number of carbonyl (C=O) groups is 3. The number of carboxylic acid groups (broad SMARTS) is 1. The smallest absolute Gasteiger partial charge is 0.306 e. The van der Waals surface area contributed by atoms with Crippen LogP contribution in [-0.4, -0.2) is 75.5 Å². The number of likely N-dealkylation sites (N-methyl/N-ethyl adjacent to an activating group) is 1. The molecule has 0 aromatic carbocycles. The van der Waals surface area contributed by atoms with Crippen LogP contribution in [0, 0.1) is 0 Å². The number of carboxylic acids is 1. The van der Waals surface area contributed by atoms with Crippen LogP contribution in [-0.2, 0) is 28.6 Å². The van der Waals surface area contributed by atoms with Crippen molar-refractivity contribution >= 4 is 17.9 Å². The van der Waals surface area contributed by atoms with E-state index in [9.17, 15) is 19.5 Å². The quantitative estimate of drug-likeness (QED) is 0.0267. The molecular formula is C45H83NO7. The van der Waals surface area contributed by atoms with E-state index in [-0.39, 0.29) is 42.7 Å². The minimum absolute atomic E-state index is 0.0411. The van der Waals surface area contributed by atoms with Gasteiger partial charge in [0.1, 0.15) is 12.6 Å². The second-order valence-electron chi connectivity index (χ2n) is 15.9. The van der Waals surface area contributed by atoms with Gasteiger partial charge in [0.2, 0.25) is 0 Å². The highest BCUT2D eigenvalue weighted by atomic mass is 16.6. The first kappa shape index (κ1) is 50.8. The van der Waals surface area contributed by atoms with Crippen molar-refractivity contribution in [1.29, 1.82) is 0 Å². The van der Waals surface area contributed by atoms with E-state index in [4.69, 9.17) is 14.2 Å². The number of aliphatic carboxylic acids is 1. The van der Waals surface area contributed by atoms with Crippen LogP contribution in [0.3, 0.4) is 0 Å². The van der Waals surface area contributed by atoms with Crippen LogP contribution >= 0.6 is 0 Å². The van der Waals surface area contributed by atoms with Gasteiger partial charge in [0.15, 0.2) is 6.10 Å². The molecule has 0 N–H and O–H groups in total. The largest absolute Gasteiger partial charge is 0.544 e. The molecular weight excluding hydrogens is 666 g/mol. The molecule has 0 aromatic rings. The van der Waals surface area contributed by atoms with Gasteiger partial charge in [0.05, 0.1) is 40.3 Å². The molecule has 0 saturated carbocycles. The zero-order valence-electron chi connectivity index (χ0n) is 35.2. The maximum Gasteiger partial charge on any atom is 0.306 e. The van der Waals surface area contributed by atoms with E-state index in [0.717, 1.165) is 51.4 Å². The number of esters is 2. The molecule has 0 spiro atoms. The number of unbranched alkanes of at least 4 members (excludes halogenated alkanes) is 21. The molecule has 8 heteroatoms. The molecule has 310 valence electrons. The van der Waals surface area contributed by atoms with Gasteiger partial charge in [-0.25, -0.2) is 0 Å². The molecule has 53 heavy (non-hydrogen) atoms. The Balaban J connectivity index is 4.34. The second-order valence-corrected chi connectivity index (χ2v) is 15.9. The van der Waals surface area contributed by atoms with Gasteiger partial charge in [0, 0.05) is 19.3 Å². The summed E-state index contributed by atoms with van der Waals surface area (Å²) in [4.78, 5) is 36.8. The van der Waals surface area contributed by atoms with Gasteiger partial charge in [-0.05, 0) is 44.9 Å². The van der Waals surface area contributed by atoms with Crippen LogP contribution in [0.5, 0.6) is 0 Å². The summed E-state index contributed by atoms with van der Waals surface area (Å²) in [6.45, 7) is 4.63. The van der Waals surface area contributed by atoms with E-state index in [1.54, 1.807) is 21.1 Å². The van der Waals surface area contributed by atoms with Crippen molar-refractivity contribution in [1.82, 2.24) is 0 Å². The topological polar surface area (TPSA) is 102 Å². The summed E-state index contributed by atoms with van der Waals surface area (Å²) in [6, 6.07) is -0.724. The number of quaternary nitrogens is 1. The van der Waals surface area contributed by atoms with E-state index >= 15 is 0 Å². The van der Waals surface area contributed by atoms with Crippen LogP contribution in [0.25, 0.3) is 0 Å². The van der Waals surface area contributed by atoms with Crippen LogP contribution in [0.1, 0.15) is 194 Å². The fraction of sp³-hybridized carbons (Fsp3) is 0.844. The monoisotopic (exact) mass is 750 g/mol. The molecule has 0 bridgehead atoms. The van der Waals surface area contributed by atoms with Gasteiger partial charge in [-0.1, -0.05) is 154 Å². The molecule has 0 radical (unpaired) electrons. The van der Waals surface area contributed by atoms with Gasteiger partial charge in [0.25, 0.3) is 0 Å². The van der Waals surface area contributed by atoms with Crippen molar-refractivity contribution in [2.24, 2.45) is 0 Å². The zero-order valence-corrected chi connectivity index (χ0v) is 35.2. The van der Waals surface area contributed by atoms with Gasteiger partial charge in [-0.3, -0.25) is 9.59 Å². The van der Waals surface area contributed by atoms with E-state index in [1.807, 2.05) is 0 Å². The molecule has 0 saturated heterocycles. The Labute approximate surface area is 326 Å². The standard InChI is InChI=1S/C45H83NO7/c1-6-8-10-12-14-16-18-20-21-22-23-24-26-28-30-32-34-36-44(48)53-41(39-51-38-37-42(45(49)50)46(3,4)5)40-52-43(47)35-33-31-29-27-25-19-17-15-13-11-9-7-2/h14,16,20-21,41-42H,6-13,15,17-19,22-40H2,1-5H3/b16-14-,21-20-. The van der Waals surface area contributed by atoms with Crippen molar-refractivity contribution in [2.75, 3.05) is 41.0 Å². The van der Waals surface area contributed by atoms with Gasteiger partial charge in [-0.2, -0.15) is 0 Å². The molecule has 0 heterocycles. The number of hydrogen-bond acceptors (Lipinski definition) is 7. The van der Waals surface area contributed by atoms with Crippen molar-refractivity contribution < 1.29 is 38.2 Å². The maximum atomic E-state index is 12.7. The molecule has 0 fully saturated rings. The van der Waals surface area contributed by atoms with Crippen molar-refractivity contribution in [3.8, 4) is 0 Å². The van der Waals surface area contributed by atoms with E-state index in [1.165, 1.54) is 109 Å². The van der Waals surface area contributed by atoms with Gasteiger partial charge >= 0.3 is 11.9 Å². The highest BCUT2D eigenvalue weighted by Crippen LogP contribution is 2.14. The van der Waals surface area contributed by atoms with Crippen molar-refractivity contribution in [3.05, 3.63) is 24.3 Å². The number of rotatable bonds is 39. The Morgan fingerprint density at radius 1 is 0.566 bits per heavy atom. The Kier molecular flexibility index (Phi) is 35.2. The highest BCUT2D eigenvalue weighted by molar-refractivity contribution is 5.70. The number of hydrogen-bond donors (Lipinski definition) is 0. The molecule has 8 nitrogen and oxygen atoms in total. The Bertz CT molecular complexity index is 926. The van der Waals surface area contributed by atoms with Gasteiger partial charge in [-0.15, -0.1) is 0 Å². The first-order valence-electron chi connectivity index (χ1n) is 21.9. The predicted molar refractivity (Wildman–Crippen MR) is 217 cm³/mol. The summed E-state index contributed by atoms with van der Waals surface area (Å²) in [7, 11) is 5.41. The Morgan fingerprint density at radius 3 is 1.49 bits per heavy atom. The van der Waals surface area contributed by atoms with E-state index in [2.05, 4.69) is 38.2 Å². The molecule has 2 atom stereocenters. The average Bonchev–Trinajstić information content (AvgIpc) is 3.11. The fourth-order valence-corrected chi connectivity index (χ4v) is 6.39. The third-order valence-corrected chi connectivity index (χ3v) is 9.84. The number of carbonyl (C=O) groups excluding carboxylic acids is 3.